The molecule has 0 fully saturated rings. The summed E-state index contributed by atoms with van der Waals surface area (Å²) in [5.74, 6) is -1.16. The zero-order chi connectivity index (χ0) is 25.9. The molecule has 0 saturated carbocycles. The van der Waals surface area contributed by atoms with E-state index in [4.69, 9.17) is 4.74 Å². The predicted octanol–water partition coefficient (Wildman–Crippen LogP) is 3.90. The molecule has 0 aliphatic rings. The van der Waals surface area contributed by atoms with Gasteiger partial charge in [-0.05, 0) is 47.7 Å². The second kappa shape index (κ2) is 12.9. The van der Waals surface area contributed by atoms with Crippen LogP contribution in [0.15, 0.2) is 77.9 Å². The van der Waals surface area contributed by atoms with Crippen molar-refractivity contribution in [2.75, 3.05) is 11.9 Å². The predicted molar refractivity (Wildman–Crippen MR) is 140 cm³/mol. The van der Waals surface area contributed by atoms with Crippen molar-refractivity contribution in [3.8, 4) is 5.75 Å². The van der Waals surface area contributed by atoms with Crippen molar-refractivity contribution in [1.82, 2.24) is 10.7 Å². The number of carbonyl (C=O) groups excluding carboxylic acids is 3. The summed E-state index contributed by atoms with van der Waals surface area (Å²) in [6.07, 6.45) is 1.35. The van der Waals surface area contributed by atoms with Crippen LogP contribution in [0.25, 0.3) is 0 Å². The number of rotatable bonds is 9. The lowest BCUT2D eigenvalue weighted by atomic mass is 10.0. The molecule has 0 spiro atoms. The van der Waals surface area contributed by atoms with Gasteiger partial charge in [-0.1, -0.05) is 68.4 Å². The summed E-state index contributed by atoms with van der Waals surface area (Å²) in [5.41, 5.74) is 6.50. The maximum absolute atomic E-state index is 12.3. The highest BCUT2D eigenvalue weighted by Crippen LogP contribution is 2.17. The molecule has 3 N–H and O–H groups in total. The Kier molecular flexibility index (Phi) is 9.33. The van der Waals surface area contributed by atoms with Crippen LogP contribution < -0.4 is 20.8 Å². The van der Waals surface area contributed by atoms with Gasteiger partial charge in [0, 0.05) is 17.8 Å². The zero-order valence-electron chi connectivity index (χ0n) is 20.6. The molecule has 0 saturated heterocycles. The number of benzene rings is 3. The van der Waals surface area contributed by atoms with Crippen LogP contribution in [0.1, 0.15) is 42.0 Å². The summed E-state index contributed by atoms with van der Waals surface area (Å²) in [6, 6.07) is 22.2. The Morgan fingerprint density at radius 2 is 1.61 bits per heavy atom. The lowest BCUT2D eigenvalue weighted by Gasteiger charge is -2.11. The SMILES string of the molecule is Cc1ccccc1NC(=O)COc1ccccc1/C=N\NC(=O)C(=O)NCc1ccc(C(C)C)cc1. The molecule has 0 aliphatic heterocycles. The number of aryl methyl sites for hydroxylation is 1. The zero-order valence-corrected chi connectivity index (χ0v) is 20.6. The summed E-state index contributed by atoms with van der Waals surface area (Å²) < 4.78 is 5.63. The fourth-order valence-electron chi connectivity index (χ4n) is 3.26. The number of hydrogen-bond acceptors (Lipinski definition) is 5. The van der Waals surface area contributed by atoms with Crippen molar-refractivity contribution in [2.24, 2.45) is 5.10 Å². The van der Waals surface area contributed by atoms with Crippen LogP contribution in [0.3, 0.4) is 0 Å². The monoisotopic (exact) mass is 486 g/mol. The van der Waals surface area contributed by atoms with Crippen LogP contribution in [-0.2, 0) is 20.9 Å². The van der Waals surface area contributed by atoms with Gasteiger partial charge < -0.3 is 15.4 Å². The van der Waals surface area contributed by atoms with Gasteiger partial charge in [0.25, 0.3) is 5.91 Å². The second-order valence-electron chi connectivity index (χ2n) is 8.47. The van der Waals surface area contributed by atoms with E-state index in [9.17, 15) is 14.4 Å². The first-order valence-corrected chi connectivity index (χ1v) is 11.6. The van der Waals surface area contributed by atoms with Crippen LogP contribution in [0, 0.1) is 6.92 Å². The Morgan fingerprint density at radius 1 is 0.917 bits per heavy atom. The molecule has 8 nitrogen and oxygen atoms in total. The summed E-state index contributed by atoms with van der Waals surface area (Å²) in [4.78, 5) is 36.4. The number of para-hydroxylation sites is 2. The molecule has 0 bridgehead atoms. The van der Waals surface area contributed by atoms with Gasteiger partial charge in [-0.15, -0.1) is 0 Å². The van der Waals surface area contributed by atoms with Crippen LogP contribution >= 0.6 is 0 Å². The van der Waals surface area contributed by atoms with E-state index in [-0.39, 0.29) is 19.1 Å². The first-order chi connectivity index (χ1) is 17.3. The average Bonchev–Trinajstić information content (AvgIpc) is 2.88. The third-order valence-electron chi connectivity index (χ3n) is 5.37. The molecule has 0 aromatic heterocycles. The van der Waals surface area contributed by atoms with Gasteiger partial charge in [0.05, 0.1) is 6.21 Å². The van der Waals surface area contributed by atoms with Gasteiger partial charge in [-0.2, -0.15) is 5.10 Å². The van der Waals surface area contributed by atoms with Gasteiger partial charge in [0.1, 0.15) is 5.75 Å². The number of carbonyl (C=O) groups is 3. The normalized spacial score (nSPS) is 10.8. The lowest BCUT2D eigenvalue weighted by Crippen LogP contribution is -2.37. The smallest absolute Gasteiger partial charge is 0.329 e. The van der Waals surface area contributed by atoms with E-state index in [2.05, 4.69) is 35.0 Å². The van der Waals surface area contributed by atoms with Crippen molar-refractivity contribution in [1.29, 1.82) is 0 Å². The van der Waals surface area contributed by atoms with Crippen LogP contribution in [0.2, 0.25) is 0 Å². The van der Waals surface area contributed by atoms with E-state index >= 15 is 0 Å². The Bertz CT molecular complexity index is 1240. The summed E-state index contributed by atoms with van der Waals surface area (Å²) in [7, 11) is 0. The number of hydrazone groups is 1. The number of nitrogens with zero attached hydrogens (tertiary/aromatic N) is 1. The maximum Gasteiger partial charge on any atom is 0.329 e. The Hall–Kier alpha value is -4.46. The minimum Gasteiger partial charge on any atom is -0.483 e. The van der Waals surface area contributed by atoms with Crippen molar-refractivity contribution in [3.05, 3.63) is 95.1 Å². The number of ether oxygens (including phenoxy) is 1. The minimum atomic E-state index is -0.888. The molecular weight excluding hydrogens is 456 g/mol. The number of hydrogen-bond donors (Lipinski definition) is 3. The highest BCUT2D eigenvalue weighted by molar-refractivity contribution is 6.35. The van der Waals surface area contributed by atoms with Gasteiger partial charge in [-0.25, -0.2) is 5.43 Å². The molecule has 186 valence electrons. The van der Waals surface area contributed by atoms with Crippen molar-refractivity contribution >= 4 is 29.6 Å². The minimum absolute atomic E-state index is 0.202. The highest BCUT2D eigenvalue weighted by atomic mass is 16.5. The third-order valence-corrected chi connectivity index (χ3v) is 5.37. The fourth-order valence-corrected chi connectivity index (χ4v) is 3.26. The van der Waals surface area contributed by atoms with Crippen LogP contribution in [0.4, 0.5) is 5.69 Å². The molecule has 36 heavy (non-hydrogen) atoms. The van der Waals surface area contributed by atoms with E-state index in [1.54, 1.807) is 24.3 Å². The van der Waals surface area contributed by atoms with Crippen molar-refractivity contribution < 1.29 is 19.1 Å². The van der Waals surface area contributed by atoms with E-state index in [1.165, 1.54) is 11.8 Å². The van der Waals surface area contributed by atoms with Crippen LogP contribution in [0.5, 0.6) is 5.75 Å². The van der Waals surface area contributed by atoms with E-state index in [0.717, 1.165) is 16.8 Å². The van der Waals surface area contributed by atoms with Gasteiger partial charge >= 0.3 is 11.8 Å². The van der Waals surface area contributed by atoms with Crippen molar-refractivity contribution in [2.45, 2.75) is 33.2 Å². The van der Waals surface area contributed by atoms with Crippen molar-refractivity contribution in [3.63, 3.8) is 0 Å². The number of anilines is 1. The Balaban J connectivity index is 1.48. The van der Waals surface area contributed by atoms with Gasteiger partial charge in [0.2, 0.25) is 0 Å². The summed E-state index contributed by atoms with van der Waals surface area (Å²) in [6.45, 7) is 6.15. The molecule has 0 heterocycles. The first kappa shape index (κ1) is 26.2. The number of amides is 3. The van der Waals surface area contributed by atoms with E-state index < -0.39 is 11.8 Å². The molecular formula is C28H30N4O4. The second-order valence-corrected chi connectivity index (χ2v) is 8.47. The standard InChI is InChI=1S/C28H30N4O4/c1-19(2)22-14-12-21(13-15-22)16-29-27(34)28(35)32-30-17-23-9-5-7-11-25(23)36-18-26(33)31-24-10-6-4-8-20(24)3/h4-15,17,19H,16,18H2,1-3H3,(H,29,34)(H,31,33)(H,32,35)/b30-17-. The van der Waals surface area contributed by atoms with Gasteiger partial charge in [-0.3, -0.25) is 14.4 Å². The fraction of sp³-hybridized carbons (Fsp3) is 0.214. The first-order valence-electron chi connectivity index (χ1n) is 11.6. The summed E-state index contributed by atoms with van der Waals surface area (Å²) >= 11 is 0. The molecule has 3 aromatic carbocycles. The third kappa shape index (κ3) is 7.80. The molecule has 3 amide bonds. The quantitative estimate of drug-likeness (QED) is 0.242. The van der Waals surface area contributed by atoms with E-state index in [1.807, 2.05) is 55.5 Å². The topological polar surface area (TPSA) is 109 Å². The average molecular weight is 487 g/mol. The molecule has 0 radical (unpaired) electrons. The Morgan fingerprint density at radius 3 is 2.33 bits per heavy atom. The number of nitrogens with one attached hydrogen (secondary N) is 3. The maximum atomic E-state index is 12.3. The molecule has 3 rings (SSSR count). The Labute approximate surface area is 210 Å². The molecule has 8 heteroatoms. The molecule has 0 aliphatic carbocycles. The van der Waals surface area contributed by atoms with Crippen LogP contribution in [-0.4, -0.2) is 30.5 Å². The lowest BCUT2D eigenvalue weighted by molar-refractivity contribution is -0.139. The van der Waals surface area contributed by atoms with E-state index in [0.29, 0.717) is 17.2 Å². The van der Waals surface area contributed by atoms with Gasteiger partial charge in [0.15, 0.2) is 6.61 Å². The summed E-state index contributed by atoms with van der Waals surface area (Å²) in [5, 5.41) is 9.22. The molecule has 3 aromatic rings. The highest BCUT2D eigenvalue weighted by Gasteiger charge is 2.12. The molecule has 0 atom stereocenters. The molecule has 0 unspecified atom stereocenters. The largest absolute Gasteiger partial charge is 0.483 e.